The third kappa shape index (κ3) is 4.15. The van der Waals surface area contributed by atoms with Gasteiger partial charge in [0.2, 0.25) is 0 Å². The van der Waals surface area contributed by atoms with Gasteiger partial charge in [0.25, 0.3) is 0 Å². The van der Waals surface area contributed by atoms with Gasteiger partial charge in [0.15, 0.2) is 0 Å². The van der Waals surface area contributed by atoms with Gasteiger partial charge in [-0.1, -0.05) is 0 Å². The van der Waals surface area contributed by atoms with E-state index in [4.69, 9.17) is 9.84 Å². The zero-order valence-electron chi connectivity index (χ0n) is 10.5. The molecule has 1 unspecified atom stereocenters. The van der Waals surface area contributed by atoms with Gasteiger partial charge in [0.1, 0.15) is 6.04 Å². The molecule has 1 rings (SSSR count). The van der Waals surface area contributed by atoms with Crippen LogP contribution in [0.2, 0.25) is 0 Å². The molecule has 3 N–H and O–H groups in total. The summed E-state index contributed by atoms with van der Waals surface area (Å²) in [5.74, 6) is -1.08. The highest BCUT2D eigenvalue weighted by atomic mass is 16.5. The third-order valence-electron chi connectivity index (χ3n) is 2.88. The molecule has 1 aliphatic rings. The summed E-state index contributed by atoms with van der Waals surface area (Å²) in [6.07, 6.45) is 0.937. The lowest BCUT2D eigenvalue weighted by molar-refractivity contribution is -0.141. The van der Waals surface area contributed by atoms with E-state index in [1.807, 2.05) is 0 Å². The van der Waals surface area contributed by atoms with Crippen LogP contribution in [-0.2, 0) is 9.53 Å². The number of ether oxygens (including phenoxy) is 1. The predicted octanol–water partition coefficient (Wildman–Crippen LogP) is -0.358. The SMILES string of the molecule is COCCCCNC(=O)N1CC(O)C[C@H]1C(=O)O. The number of likely N-dealkylation sites (tertiary alicyclic amines) is 1. The molecule has 18 heavy (non-hydrogen) atoms. The summed E-state index contributed by atoms with van der Waals surface area (Å²) in [6, 6.07) is -1.37. The van der Waals surface area contributed by atoms with E-state index in [1.165, 1.54) is 4.90 Å². The molecule has 2 atom stereocenters. The number of methoxy groups -OCH3 is 1. The summed E-state index contributed by atoms with van der Waals surface area (Å²) in [7, 11) is 1.61. The zero-order valence-corrected chi connectivity index (χ0v) is 10.5. The topological polar surface area (TPSA) is 99.1 Å². The summed E-state index contributed by atoms with van der Waals surface area (Å²) in [5.41, 5.74) is 0. The summed E-state index contributed by atoms with van der Waals surface area (Å²) in [5, 5.41) is 21.0. The highest BCUT2D eigenvalue weighted by Crippen LogP contribution is 2.17. The van der Waals surface area contributed by atoms with Gasteiger partial charge in [0.05, 0.1) is 6.10 Å². The van der Waals surface area contributed by atoms with Crippen LogP contribution in [0.1, 0.15) is 19.3 Å². The molecule has 1 aliphatic heterocycles. The molecule has 1 saturated heterocycles. The zero-order chi connectivity index (χ0) is 13.5. The summed E-state index contributed by atoms with van der Waals surface area (Å²) in [6.45, 7) is 1.18. The fourth-order valence-electron chi connectivity index (χ4n) is 1.94. The minimum absolute atomic E-state index is 0.0703. The average molecular weight is 260 g/mol. The quantitative estimate of drug-likeness (QED) is 0.566. The number of carbonyl (C=O) groups is 2. The van der Waals surface area contributed by atoms with Gasteiger partial charge in [-0.05, 0) is 12.8 Å². The van der Waals surface area contributed by atoms with Gasteiger partial charge in [-0.15, -0.1) is 0 Å². The Morgan fingerprint density at radius 3 is 2.78 bits per heavy atom. The van der Waals surface area contributed by atoms with Crippen LogP contribution >= 0.6 is 0 Å². The van der Waals surface area contributed by atoms with Crippen LogP contribution in [-0.4, -0.2) is 66.1 Å². The lowest BCUT2D eigenvalue weighted by Crippen LogP contribution is -2.46. The van der Waals surface area contributed by atoms with E-state index in [9.17, 15) is 14.7 Å². The fraction of sp³-hybridized carbons (Fsp3) is 0.818. The number of carboxylic acid groups (broad SMARTS) is 1. The molecular formula is C11H20N2O5. The van der Waals surface area contributed by atoms with Gasteiger partial charge in [-0.2, -0.15) is 0 Å². The first-order valence-electron chi connectivity index (χ1n) is 6.00. The molecule has 0 radical (unpaired) electrons. The smallest absolute Gasteiger partial charge is 0.326 e. The lowest BCUT2D eigenvalue weighted by atomic mass is 10.2. The van der Waals surface area contributed by atoms with Crippen LogP contribution in [0.5, 0.6) is 0 Å². The average Bonchev–Trinajstić information content (AvgIpc) is 2.71. The van der Waals surface area contributed by atoms with Crippen LogP contribution in [0.3, 0.4) is 0 Å². The molecule has 0 saturated carbocycles. The maximum atomic E-state index is 11.7. The first kappa shape index (κ1) is 14.7. The Kier molecular flexibility index (Phi) is 5.87. The van der Waals surface area contributed by atoms with Crippen molar-refractivity contribution < 1.29 is 24.5 Å². The van der Waals surface area contributed by atoms with E-state index in [-0.39, 0.29) is 13.0 Å². The summed E-state index contributed by atoms with van der Waals surface area (Å²) < 4.78 is 4.88. The Morgan fingerprint density at radius 2 is 2.17 bits per heavy atom. The number of hydrogen-bond donors (Lipinski definition) is 3. The number of carboxylic acids is 1. The van der Waals surface area contributed by atoms with Crippen molar-refractivity contribution in [3.8, 4) is 0 Å². The Balaban J connectivity index is 2.33. The second-order valence-electron chi connectivity index (χ2n) is 4.33. The summed E-state index contributed by atoms with van der Waals surface area (Å²) in [4.78, 5) is 23.8. The fourth-order valence-corrected chi connectivity index (χ4v) is 1.94. The molecule has 0 bridgehead atoms. The molecular weight excluding hydrogens is 240 g/mol. The molecule has 104 valence electrons. The van der Waals surface area contributed by atoms with Crippen molar-refractivity contribution >= 4 is 12.0 Å². The molecule has 2 amide bonds. The van der Waals surface area contributed by atoms with E-state index in [2.05, 4.69) is 5.32 Å². The first-order valence-corrected chi connectivity index (χ1v) is 6.00. The maximum Gasteiger partial charge on any atom is 0.326 e. The second-order valence-corrected chi connectivity index (χ2v) is 4.33. The minimum atomic E-state index is -1.08. The highest BCUT2D eigenvalue weighted by molar-refractivity contribution is 5.83. The van der Waals surface area contributed by atoms with Crippen LogP contribution in [0.25, 0.3) is 0 Å². The van der Waals surface area contributed by atoms with Crippen LogP contribution in [0.4, 0.5) is 4.79 Å². The van der Waals surface area contributed by atoms with E-state index in [1.54, 1.807) is 7.11 Å². The van der Waals surface area contributed by atoms with Crippen LogP contribution in [0.15, 0.2) is 0 Å². The molecule has 1 heterocycles. The van der Waals surface area contributed by atoms with Crippen molar-refractivity contribution in [1.29, 1.82) is 0 Å². The molecule has 0 aromatic heterocycles. The van der Waals surface area contributed by atoms with E-state index < -0.39 is 24.1 Å². The lowest BCUT2D eigenvalue weighted by Gasteiger charge is -2.21. The van der Waals surface area contributed by atoms with Gasteiger partial charge in [-0.25, -0.2) is 9.59 Å². The molecule has 0 aromatic carbocycles. The van der Waals surface area contributed by atoms with Crippen molar-refractivity contribution in [3.63, 3.8) is 0 Å². The predicted molar refractivity (Wildman–Crippen MR) is 63.3 cm³/mol. The summed E-state index contributed by atoms with van der Waals surface area (Å²) >= 11 is 0. The number of aliphatic hydroxyl groups is 1. The number of β-amino-alcohol motifs (C(OH)–C–C–N with tert-alkyl or cyclic N) is 1. The number of unbranched alkanes of at least 4 members (excludes halogenated alkanes) is 1. The number of rotatable bonds is 6. The van der Waals surface area contributed by atoms with Crippen molar-refractivity contribution in [1.82, 2.24) is 10.2 Å². The molecule has 1 fully saturated rings. The number of aliphatic hydroxyl groups excluding tert-OH is 1. The third-order valence-corrected chi connectivity index (χ3v) is 2.88. The first-order chi connectivity index (χ1) is 8.56. The maximum absolute atomic E-state index is 11.7. The number of nitrogens with one attached hydrogen (secondary N) is 1. The second kappa shape index (κ2) is 7.17. The molecule has 7 nitrogen and oxygen atoms in total. The Hall–Kier alpha value is -1.34. The van der Waals surface area contributed by atoms with Crippen molar-refractivity contribution in [2.75, 3.05) is 26.8 Å². The normalized spacial score (nSPS) is 23.1. The monoisotopic (exact) mass is 260 g/mol. The van der Waals surface area contributed by atoms with E-state index in [0.29, 0.717) is 13.2 Å². The van der Waals surface area contributed by atoms with Gasteiger partial charge in [-0.3, -0.25) is 0 Å². The number of amides is 2. The number of hydrogen-bond acceptors (Lipinski definition) is 4. The standard InChI is InChI=1S/C11H20N2O5/c1-18-5-3-2-4-12-11(17)13-7-8(14)6-9(13)10(15)16/h8-9,14H,2-7H2,1H3,(H,12,17)(H,15,16)/t8?,9-/m0/s1. The highest BCUT2D eigenvalue weighted by Gasteiger charge is 2.38. The number of carbonyl (C=O) groups excluding carboxylic acids is 1. The molecule has 0 spiro atoms. The van der Waals surface area contributed by atoms with Gasteiger partial charge < -0.3 is 25.2 Å². The Labute approximate surface area is 106 Å². The van der Waals surface area contributed by atoms with E-state index >= 15 is 0 Å². The number of urea groups is 1. The van der Waals surface area contributed by atoms with Crippen LogP contribution < -0.4 is 5.32 Å². The van der Waals surface area contributed by atoms with Crippen molar-refractivity contribution in [3.05, 3.63) is 0 Å². The van der Waals surface area contributed by atoms with Crippen LogP contribution in [0, 0.1) is 0 Å². The molecule has 7 heteroatoms. The van der Waals surface area contributed by atoms with Gasteiger partial charge in [0, 0.05) is 33.2 Å². The Bertz CT molecular complexity index is 297. The molecule has 0 aliphatic carbocycles. The van der Waals surface area contributed by atoms with Crippen molar-refractivity contribution in [2.24, 2.45) is 0 Å². The van der Waals surface area contributed by atoms with Gasteiger partial charge >= 0.3 is 12.0 Å². The minimum Gasteiger partial charge on any atom is -0.480 e. The van der Waals surface area contributed by atoms with Crippen molar-refractivity contribution in [2.45, 2.75) is 31.4 Å². The number of nitrogens with zero attached hydrogens (tertiary/aromatic N) is 1. The van der Waals surface area contributed by atoms with E-state index in [0.717, 1.165) is 12.8 Å². The molecule has 0 aromatic rings. The Morgan fingerprint density at radius 1 is 1.44 bits per heavy atom. The number of aliphatic carboxylic acids is 1. The largest absolute Gasteiger partial charge is 0.480 e.